The van der Waals surface area contributed by atoms with Gasteiger partial charge in [-0.2, -0.15) is 4.98 Å². The van der Waals surface area contributed by atoms with Gasteiger partial charge in [0.1, 0.15) is 5.82 Å². The maximum atomic E-state index is 4.59. The second-order valence-corrected chi connectivity index (χ2v) is 5.91. The van der Waals surface area contributed by atoms with Gasteiger partial charge >= 0.3 is 0 Å². The molecule has 0 saturated carbocycles. The van der Waals surface area contributed by atoms with E-state index < -0.39 is 0 Å². The van der Waals surface area contributed by atoms with Crippen LogP contribution in [-0.4, -0.2) is 41.4 Å². The number of nitrogens with one attached hydrogen (secondary N) is 2. The quantitative estimate of drug-likeness (QED) is 0.811. The van der Waals surface area contributed by atoms with Crippen LogP contribution in [0.3, 0.4) is 0 Å². The number of nitrogens with zero attached hydrogens (tertiary/aromatic N) is 3. The molecule has 0 aromatic carbocycles. The number of H-pyrrole nitrogens is 1. The highest BCUT2D eigenvalue weighted by Gasteiger charge is 2.17. The van der Waals surface area contributed by atoms with Crippen molar-refractivity contribution < 1.29 is 0 Å². The Morgan fingerprint density at radius 3 is 2.82 bits per heavy atom. The summed E-state index contributed by atoms with van der Waals surface area (Å²) in [4.78, 5) is 6.85. The Hall–Kier alpha value is -1.10. The van der Waals surface area contributed by atoms with E-state index in [1.165, 1.54) is 0 Å². The smallest absolute Gasteiger partial charge is 0.244 e. The molecule has 1 fully saturated rings. The van der Waals surface area contributed by atoms with Gasteiger partial charge in [0, 0.05) is 26.1 Å². The zero-order valence-electron chi connectivity index (χ0n) is 11.1. The summed E-state index contributed by atoms with van der Waals surface area (Å²) in [7, 11) is 0. The van der Waals surface area contributed by atoms with Crippen LogP contribution in [0.2, 0.25) is 0 Å². The van der Waals surface area contributed by atoms with Crippen LogP contribution in [0.25, 0.3) is 0 Å². The van der Waals surface area contributed by atoms with E-state index in [0.717, 1.165) is 50.8 Å². The van der Waals surface area contributed by atoms with Crippen molar-refractivity contribution in [2.75, 3.05) is 31.1 Å². The zero-order chi connectivity index (χ0) is 12.3. The van der Waals surface area contributed by atoms with Gasteiger partial charge in [-0.3, -0.25) is 5.10 Å². The van der Waals surface area contributed by atoms with Crippen molar-refractivity contribution in [3.63, 3.8) is 0 Å². The molecular weight excluding hydrogens is 214 g/mol. The van der Waals surface area contributed by atoms with Crippen molar-refractivity contribution in [2.24, 2.45) is 5.41 Å². The van der Waals surface area contributed by atoms with Crippen LogP contribution in [0.1, 0.15) is 33.0 Å². The molecule has 96 valence electrons. The molecule has 0 bridgehead atoms. The van der Waals surface area contributed by atoms with Gasteiger partial charge in [-0.05, 0) is 18.4 Å². The third kappa shape index (κ3) is 3.70. The van der Waals surface area contributed by atoms with Crippen LogP contribution < -0.4 is 10.2 Å². The topological polar surface area (TPSA) is 56.8 Å². The SMILES string of the molecule is CC(C)(C)Cc1nc(N2CCCNCC2)n[nH]1. The molecule has 1 saturated heterocycles. The minimum Gasteiger partial charge on any atom is -0.338 e. The molecule has 1 aromatic heterocycles. The molecule has 17 heavy (non-hydrogen) atoms. The average Bonchev–Trinajstić information content (AvgIpc) is 2.52. The molecule has 0 spiro atoms. The van der Waals surface area contributed by atoms with Crippen molar-refractivity contribution >= 4 is 5.95 Å². The first-order chi connectivity index (χ1) is 8.04. The van der Waals surface area contributed by atoms with Crippen LogP contribution >= 0.6 is 0 Å². The van der Waals surface area contributed by atoms with Crippen LogP contribution in [0.4, 0.5) is 5.95 Å². The Bertz CT molecular complexity index is 344. The number of rotatable bonds is 2. The Morgan fingerprint density at radius 2 is 2.06 bits per heavy atom. The van der Waals surface area contributed by atoms with Gasteiger partial charge in [0.2, 0.25) is 5.95 Å². The number of anilines is 1. The van der Waals surface area contributed by atoms with E-state index in [9.17, 15) is 0 Å². The van der Waals surface area contributed by atoms with E-state index in [0.29, 0.717) is 0 Å². The van der Waals surface area contributed by atoms with Gasteiger partial charge in [-0.1, -0.05) is 20.8 Å². The molecule has 5 nitrogen and oxygen atoms in total. The summed E-state index contributed by atoms with van der Waals surface area (Å²) in [6.45, 7) is 10.8. The van der Waals surface area contributed by atoms with Crippen LogP contribution in [0, 0.1) is 5.41 Å². The van der Waals surface area contributed by atoms with Crippen LogP contribution in [-0.2, 0) is 6.42 Å². The van der Waals surface area contributed by atoms with Crippen LogP contribution in [0.15, 0.2) is 0 Å². The molecule has 0 amide bonds. The molecular formula is C12H23N5. The summed E-state index contributed by atoms with van der Waals surface area (Å²) < 4.78 is 0. The third-order valence-electron chi connectivity index (χ3n) is 2.84. The summed E-state index contributed by atoms with van der Waals surface area (Å²) >= 11 is 0. The minimum absolute atomic E-state index is 0.247. The second-order valence-electron chi connectivity index (χ2n) is 5.91. The Balaban J connectivity index is 2.01. The molecule has 2 heterocycles. The van der Waals surface area contributed by atoms with Gasteiger partial charge in [0.05, 0.1) is 0 Å². The van der Waals surface area contributed by atoms with E-state index in [4.69, 9.17) is 0 Å². The standard InChI is InChI=1S/C12H23N5/c1-12(2,3)9-10-14-11(16-15-10)17-7-4-5-13-6-8-17/h13H,4-9H2,1-3H3,(H,14,15,16). The molecule has 0 radical (unpaired) electrons. The van der Waals surface area contributed by atoms with Gasteiger partial charge in [-0.25, -0.2) is 0 Å². The molecule has 1 aliphatic rings. The highest BCUT2D eigenvalue weighted by molar-refractivity contribution is 5.29. The Kier molecular flexibility index (Phi) is 3.66. The summed E-state index contributed by atoms with van der Waals surface area (Å²) in [5.74, 6) is 1.85. The highest BCUT2D eigenvalue weighted by Crippen LogP contribution is 2.19. The molecule has 5 heteroatoms. The van der Waals surface area contributed by atoms with Crippen molar-refractivity contribution in [3.8, 4) is 0 Å². The van der Waals surface area contributed by atoms with Crippen molar-refractivity contribution in [3.05, 3.63) is 5.82 Å². The molecule has 0 unspecified atom stereocenters. The molecule has 0 atom stereocenters. The van der Waals surface area contributed by atoms with E-state index in [-0.39, 0.29) is 5.41 Å². The number of hydrogen-bond acceptors (Lipinski definition) is 4. The average molecular weight is 237 g/mol. The summed E-state index contributed by atoms with van der Waals surface area (Å²) in [5.41, 5.74) is 0.247. The maximum Gasteiger partial charge on any atom is 0.244 e. The van der Waals surface area contributed by atoms with Gasteiger partial charge in [-0.15, -0.1) is 5.10 Å². The lowest BCUT2D eigenvalue weighted by Gasteiger charge is -2.17. The predicted octanol–water partition coefficient (Wildman–Crippen LogP) is 1.19. The third-order valence-corrected chi connectivity index (χ3v) is 2.84. The molecule has 1 aliphatic heterocycles. The molecule has 1 aromatic rings. The largest absolute Gasteiger partial charge is 0.338 e. The van der Waals surface area contributed by atoms with Crippen molar-refractivity contribution in [1.29, 1.82) is 0 Å². The lowest BCUT2D eigenvalue weighted by atomic mass is 9.92. The minimum atomic E-state index is 0.247. The lowest BCUT2D eigenvalue weighted by Crippen LogP contribution is -2.28. The fourth-order valence-corrected chi connectivity index (χ4v) is 2.05. The number of hydrogen-bond donors (Lipinski definition) is 2. The first-order valence-corrected chi connectivity index (χ1v) is 6.41. The van der Waals surface area contributed by atoms with Gasteiger partial charge < -0.3 is 10.2 Å². The molecule has 2 N–H and O–H groups in total. The summed E-state index contributed by atoms with van der Waals surface area (Å²) in [5, 5.41) is 10.8. The fourth-order valence-electron chi connectivity index (χ4n) is 2.05. The monoisotopic (exact) mass is 237 g/mol. The fraction of sp³-hybridized carbons (Fsp3) is 0.833. The summed E-state index contributed by atoms with van der Waals surface area (Å²) in [6, 6.07) is 0. The second kappa shape index (κ2) is 5.04. The summed E-state index contributed by atoms with van der Waals surface area (Å²) in [6.07, 6.45) is 2.09. The van der Waals surface area contributed by atoms with E-state index in [1.54, 1.807) is 0 Å². The Labute approximate surface area is 103 Å². The van der Waals surface area contributed by atoms with Gasteiger partial charge in [0.15, 0.2) is 0 Å². The van der Waals surface area contributed by atoms with E-state index in [1.807, 2.05) is 0 Å². The van der Waals surface area contributed by atoms with Gasteiger partial charge in [0.25, 0.3) is 0 Å². The first-order valence-electron chi connectivity index (χ1n) is 6.41. The normalized spacial score (nSPS) is 18.2. The van der Waals surface area contributed by atoms with Crippen molar-refractivity contribution in [2.45, 2.75) is 33.6 Å². The maximum absolute atomic E-state index is 4.59. The van der Waals surface area contributed by atoms with Crippen molar-refractivity contribution in [1.82, 2.24) is 20.5 Å². The lowest BCUT2D eigenvalue weighted by molar-refractivity contribution is 0.401. The number of aromatic nitrogens is 3. The number of aromatic amines is 1. The zero-order valence-corrected chi connectivity index (χ0v) is 11.1. The van der Waals surface area contributed by atoms with Crippen LogP contribution in [0.5, 0.6) is 0 Å². The highest BCUT2D eigenvalue weighted by atomic mass is 15.4. The van der Waals surface area contributed by atoms with E-state index >= 15 is 0 Å². The predicted molar refractivity (Wildman–Crippen MR) is 69.2 cm³/mol. The van der Waals surface area contributed by atoms with E-state index in [2.05, 4.69) is 46.2 Å². The molecule has 2 rings (SSSR count). The Morgan fingerprint density at radius 1 is 1.24 bits per heavy atom. The first kappa shape index (κ1) is 12.4. The molecule has 0 aliphatic carbocycles.